The first-order valence-corrected chi connectivity index (χ1v) is 7.75. The number of urea groups is 1. The SMILES string of the molecule is CC(C)CCNC(=O)NC(=O)CN(C)Cc1ccc(Cl)cc1. The topological polar surface area (TPSA) is 61.4 Å². The molecule has 0 heterocycles. The summed E-state index contributed by atoms with van der Waals surface area (Å²) >= 11 is 5.83. The van der Waals surface area contributed by atoms with E-state index in [1.807, 2.05) is 36.2 Å². The largest absolute Gasteiger partial charge is 0.338 e. The Kier molecular flexibility index (Phi) is 7.91. The molecule has 0 atom stereocenters. The third kappa shape index (κ3) is 8.00. The van der Waals surface area contributed by atoms with Crippen molar-refractivity contribution >= 4 is 23.5 Å². The highest BCUT2D eigenvalue weighted by Gasteiger charge is 2.10. The maximum atomic E-state index is 11.8. The van der Waals surface area contributed by atoms with Crippen molar-refractivity contribution in [1.29, 1.82) is 0 Å². The standard InChI is InChI=1S/C16H24ClN3O2/c1-12(2)8-9-18-16(22)19-15(21)11-20(3)10-13-4-6-14(17)7-5-13/h4-7,12H,8-11H2,1-3H3,(H2,18,19,21,22). The van der Waals surface area contributed by atoms with Crippen molar-refractivity contribution in [3.8, 4) is 0 Å². The predicted molar refractivity (Wildman–Crippen MR) is 88.8 cm³/mol. The summed E-state index contributed by atoms with van der Waals surface area (Å²) in [4.78, 5) is 25.1. The van der Waals surface area contributed by atoms with Crippen LogP contribution < -0.4 is 10.6 Å². The van der Waals surface area contributed by atoms with E-state index in [1.54, 1.807) is 0 Å². The third-order valence-corrected chi connectivity index (χ3v) is 3.29. The lowest BCUT2D eigenvalue weighted by Gasteiger charge is -2.16. The molecule has 1 rings (SSSR count). The molecule has 2 N–H and O–H groups in total. The molecule has 0 spiro atoms. The summed E-state index contributed by atoms with van der Waals surface area (Å²) in [5, 5.41) is 5.68. The van der Waals surface area contributed by atoms with Gasteiger partial charge in [-0.2, -0.15) is 0 Å². The summed E-state index contributed by atoms with van der Waals surface area (Å²) in [5.41, 5.74) is 1.06. The minimum Gasteiger partial charge on any atom is -0.338 e. The number of hydrogen-bond acceptors (Lipinski definition) is 3. The Morgan fingerprint density at radius 2 is 1.86 bits per heavy atom. The maximum absolute atomic E-state index is 11.8. The van der Waals surface area contributed by atoms with E-state index in [-0.39, 0.29) is 12.5 Å². The fraction of sp³-hybridized carbons (Fsp3) is 0.500. The molecule has 22 heavy (non-hydrogen) atoms. The number of likely N-dealkylation sites (N-methyl/N-ethyl adjacent to an activating group) is 1. The molecule has 0 aliphatic heterocycles. The molecular weight excluding hydrogens is 302 g/mol. The van der Waals surface area contributed by atoms with Gasteiger partial charge in [-0.15, -0.1) is 0 Å². The minimum atomic E-state index is -0.439. The average molecular weight is 326 g/mol. The van der Waals surface area contributed by atoms with Crippen molar-refractivity contribution in [3.63, 3.8) is 0 Å². The second-order valence-electron chi connectivity index (χ2n) is 5.79. The number of rotatable bonds is 7. The van der Waals surface area contributed by atoms with Gasteiger partial charge >= 0.3 is 6.03 Å². The molecule has 0 aromatic heterocycles. The monoisotopic (exact) mass is 325 g/mol. The third-order valence-electron chi connectivity index (χ3n) is 3.04. The van der Waals surface area contributed by atoms with Crippen LogP contribution in [0.25, 0.3) is 0 Å². The Bertz CT molecular complexity index is 489. The zero-order chi connectivity index (χ0) is 16.5. The van der Waals surface area contributed by atoms with Crippen LogP contribution in [0.1, 0.15) is 25.8 Å². The summed E-state index contributed by atoms with van der Waals surface area (Å²) in [6, 6.07) is 7.01. The second kappa shape index (κ2) is 9.43. The van der Waals surface area contributed by atoms with Crippen LogP contribution in [0.15, 0.2) is 24.3 Å². The van der Waals surface area contributed by atoms with E-state index in [2.05, 4.69) is 24.5 Å². The lowest BCUT2D eigenvalue weighted by molar-refractivity contribution is -0.120. The van der Waals surface area contributed by atoms with Gasteiger partial charge in [-0.05, 0) is 37.1 Å². The van der Waals surface area contributed by atoms with E-state index < -0.39 is 6.03 Å². The minimum absolute atomic E-state index is 0.153. The first-order chi connectivity index (χ1) is 10.4. The molecule has 3 amide bonds. The van der Waals surface area contributed by atoms with Gasteiger partial charge in [0, 0.05) is 18.1 Å². The van der Waals surface area contributed by atoms with E-state index >= 15 is 0 Å². The van der Waals surface area contributed by atoms with Gasteiger partial charge in [-0.3, -0.25) is 15.0 Å². The number of hydrogen-bond donors (Lipinski definition) is 2. The zero-order valence-electron chi connectivity index (χ0n) is 13.4. The molecule has 0 fully saturated rings. The van der Waals surface area contributed by atoms with Gasteiger partial charge in [-0.25, -0.2) is 4.79 Å². The van der Waals surface area contributed by atoms with Crippen molar-refractivity contribution in [3.05, 3.63) is 34.9 Å². The van der Waals surface area contributed by atoms with E-state index in [0.717, 1.165) is 12.0 Å². The first kappa shape index (κ1) is 18.5. The van der Waals surface area contributed by atoms with Gasteiger partial charge in [0.25, 0.3) is 0 Å². The molecule has 1 aromatic rings. The molecule has 0 aliphatic rings. The number of carbonyl (C=O) groups excluding carboxylic acids is 2. The molecular formula is C16H24ClN3O2. The Labute approximate surface area is 137 Å². The fourth-order valence-electron chi connectivity index (χ4n) is 1.89. The van der Waals surface area contributed by atoms with E-state index in [9.17, 15) is 9.59 Å². The van der Waals surface area contributed by atoms with Gasteiger partial charge in [0.05, 0.1) is 6.54 Å². The lowest BCUT2D eigenvalue weighted by Crippen LogP contribution is -2.44. The fourth-order valence-corrected chi connectivity index (χ4v) is 2.01. The number of benzene rings is 1. The summed E-state index contributed by atoms with van der Waals surface area (Å²) in [6.45, 7) is 5.49. The van der Waals surface area contributed by atoms with Crippen LogP contribution in [0.3, 0.4) is 0 Å². The van der Waals surface area contributed by atoms with Crippen LogP contribution in [-0.4, -0.2) is 37.0 Å². The van der Waals surface area contributed by atoms with Crippen LogP contribution in [-0.2, 0) is 11.3 Å². The smallest absolute Gasteiger partial charge is 0.321 e. The highest BCUT2D eigenvalue weighted by atomic mass is 35.5. The van der Waals surface area contributed by atoms with E-state index in [0.29, 0.717) is 24.0 Å². The van der Waals surface area contributed by atoms with Gasteiger partial charge in [0.2, 0.25) is 5.91 Å². The molecule has 0 saturated carbocycles. The molecule has 0 aliphatic carbocycles. The summed E-state index contributed by atoms with van der Waals surface area (Å²) in [7, 11) is 1.82. The highest BCUT2D eigenvalue weighted by molar-refractivity contribution is 6.30. The maximum Gasteiger partial charge on any atom is 0.321 e. The van der Waals surface area contributed by atoms with E-state index in [1.165, 1.54) is 0 Å². The van der Waals surface area contributed by atoms with Crippen molar-refractivity contribution in [2.24, 2.45) is 5.92 Å². The summed E-state index contributed by atoms with van der Waals surface area (Å²) in [6.07, 6.45) is 0.887. The molecule has 0 radical (unpaired) electrons. The van der Waals surface area contributed by atoms with Gasteiger partial charge in [-0.1, -0.05) is 37.6 Å². The Hall–Kier alpha value is -1.59. The van der Waals surface area contributed by atoms with Crippen LogP contribution in [0.2, 0.25) is 5.02 Å². The lowest BCUT2D eigenvalue weighted by atomic mass is 10.1. The number of amides is 3. The Balaban J connectivity index is 2.28. The number of nitrogens with zero attached hydrogens (tertiary/aromatic N) is 1. The number of carbonyl (C=O) groups is 2. The molecule has 122 valence electrons. The Morgan fingerprint density at radius 3 is 2.45 bits per heavy atom. The van der Waals surface area contributed by atoms with Crippen LogP contribution in [0.5, 0.6) is 0 Å². The average Bonchev–Trinajstić information content (AvgIpc) is 2.40. The molecule has 6 heteroatoms. The quantitative estimate of drug-likeness (QED) is 0.810. The van der Waals surface area contributed by atoms with Gasteiger partial charge in [0.1, 0.15) is 0 Å². The van der Waals surface area contributed by atoms with Crippen molar-refractivity contribution < 1.29 is 9.59 Å². The normalized spacial score (nSPS) is 10.8. The molecule has 0 bridgehead atoms. The summed E-state index contributed by atoms with van der Waals surface area (Å²) < 4.78 is 0. The van der Waals surface area contributed by atoms with Gasteiger partial charge < -0.3 is 5.32 Å². The van der Waals surface area contributed by atoms with Gasteiger partial charge in [0.15, 0.2) is 0 Å². The van der Waals surface area contributed by atoms with Crippen molar-refractivity contribution in [2.75, 3.05) is 20.1 Å². The van der Waals surface area contributed by atoms with E-state index in [4.69, 9.17) is 11.6 Å². The summed E-state index contributed by atoms with van der Waals surface area (Å²) in [5.74, 6) is 0.194. The Morgan fingerprint density at radius 1 is 1.23 bits per heavy atom. The molecule has 1 aromatic carbocycles. The van der Waals surface area contributed by atoms with Crippen LogP contribution in [0.4, 0.5) is 4.79 Å². The molecule has 0 saturated heterocycles. The molecule has 0 unspecified atom stereocenters. The predicted octanol–water partition coefficient (Wildman–Crippen LogP) is 2.64. The van der Waals surface area contributed by atoms with Crippen LogP contribution >= 0.6 is 11.6 Å². The second-order valence-corrected chi connectivity index (χ2v) is 6.22. The van der Waals surface area contributed by atoms with Crippen molar-refractivity contribution in [2.45, 2.75) is 26.8 Å². The highest BCUT2D eigenvalue weighted by Crippen LogP contribution is 2.10. The number of imide groups is 1. The van der Waals surface area contributed by atoms with Crippen LogP contribution in [0, 0.1) is 5.92 Å². The zero-order valence-corrected chi connectivity index (χ0v) is 14.1. The number of nitrogens with one attached hydrogen (secondary N) is 2. The van der Waals surface area contributed by atoms with Crippen molar-refractivity contribution in [1.82, 2.24) is 15.5 Å². The number of halogens is 1. The molecule has 5 nitrogen and oxygen atoms in total. The first-order valence-electron chi connectivity index (χ1n) is 7.37.